The van der Waals surface area contributed by atoms with Crippen LogP contribution in [-0.4, -0.2) is 37.2 Å². The molecule has 1 aromatic heterocycles. The van der Waals surface area contributed by atoms with Crippen molar-refractivity contribution in [3.05, 3.63) is 17.0 Å². The van der Waals surface area contributed by atoms with Crippen LogP contribution in [0.25, 0.3) is 0 Å². The molecule has 20 heavy (non-hydrogen) atoms. The second-order valence-electron chi connectivity index (χ2n) is 4.92. The van der Waals surface area contributed by atoms with E-state index in [2.05, 4.69) is 4.72 Å². The number of rotatable bonds is 8. The number of aliphatic hydroxyl groups is 1. The van der Waals surface area contributed by atoms with Gasteiger partial charge in [-0.3, -0.25) is 4.79 Å². The number of hydrogen-bond acceptors (Lipinski definition) is 5. The molecule has 0 radical (unpaired) electrons. The maximum Gasteiger partial charge on any atom is 0.308 e. The van der Waals surface area contributed by atoms with Gasteiger partial charge in [0.05, 0.1) is 13.0 Å². The normalized spacial score (nSPS) is 13.6. The van der Waals surface area contributed by atoms with Gasteiger partial charge in [-0.25, -0.2) is 13.1 Å². The fourth-order valence-electron chi connectivity index (χ4n) is 1.75. The van der Waals surface area contributed by atoms with Gasteiger partial charge in [-0.05, 0) is 24.5 Å². The third kappa shape index (κ3) is 5.20. The Labute approximate surface area is 122 Å². The van der Waals surface area contributed by atoms with Crippen LogP contribution in [0.4, 0.5) is 0 Å². The van der Waals surface area contributed by atoms with Crippen LogP contribution in [0.2, 0.25) is 0 Å². The molecule has 0 aliphatic heterocycles. The number of carboxylic acid groups (broad SMARTS) is 1. The molecule has 0 saturated carbocycles. The third-order valence-corrected chi connectivity index (χ3v) is 5.62. The highest BCUT2D eigenvalue weighted by atomic mass is 32.2. The Bertz CT molecular complexity index is 550. The molecule has 0 saturated heterocycles. The highest BCUT2D eigenvalue weighted by molar-refractivity contribution is 7.91. The van der Waals surface area contributed by atoms with Crippen molar-refractivity contribution in [3.8, 4) is 0 Å². The summed E-state index contributed by atoms with van der Waals surface area (Å²) in [7, 11) is -3.72. The predicted octanol–water partition coefficient (Wildman–Crippen LogP) is 1.06. The van der Waals surface area contributed by atoms with E-state index in [4.69, 9.17) is 5.11 Å². The maximum atomic E-state index is 12.1. The lowest BCUT2D eigenvalue weighted by Crippen LogP contribution is -2.38. The summed E-state index contributed by atoms with van der Waals surface area (Å²) in [5, 5.41) is 17.9. The van der Waals surface area contributed by atoms with E-state index in [-0.39, 0.29) is 23.2 Å². The lowest BCUT2D eigenvalue weighted by Gasteiger charge is -2.17. The molecule has 0 fully saturated rings. The first-order valence-electron chi connectivity index (χ1n) is 6.18. The number of aliphatic hydroxyl groups excluding tert-OH is 1. The topological polar surface area (TPSA) is 104 Å². The number of aliphatic carboxylic acids is 1. The summed E-state index contributed by atoms with van der Waals surface area (Å²) < 4.78 is 26.8. The van der Waals surface area contributed by atoms with Gasteiger partial charge < -0.3 is 10.2 Å². The van der Waals surface area contributed by atoms with E-state index in [0.29, 0.717) is 11.3 Å². The summed E-state index contributed by atoms with van der Waals surface area (Å²) in [6, 6.07) is 2.34. The van der Waals surface area contributed by atoms with Crippen molar-refractivity contribution in [3.63, 3.8) is 0 Å². The monoisotopic (exact) mass is 321 g/mol. The Morgan fingerprint density at radius 3 is 2.55 bits per heavy atom. The molecule has 0 bridgehead atoms. The number of carbonyl (C=O) groups is 1. The number of thiophene rings is 1. The summed E-state index contributed by atoms with van der Waals surface area (Å²) in [6.45, 7) is 3.60. The molecule has 1 heterocycles. The first-order valence-corrected chi connectivity index (χ1v) is 8.48. The second kappa shape index (κ2) is 7.16. The highest BCUT2D eigenvalue weighted by Crippen LogP contribution is 2.22. The maximum absolute atomic E-state index is 12.1. The minimum absolute atomic E-state index is 0.0657. The van der Waals surface area contributed by atoms with Gasteiger partial charge in [0.1, 0.15) is 4.21 Å². The first-order chi connectivity index (χ1) is 9.24. The molecule has 0 aliphatic rings. The Balaban J connectivity index is 2.82. The van der Waals surface area contributed by atoms with Crippen molar-refractivity contribution in [2.24, 2.45) is 5.92 Å². The molecule has 1 rings (SSSR count). The molecular formula is C12H19NO5S2. The molecule has 0 aliphatic carbocycles. The van der Waals surface area contributed by atoms with Gasteiger partial charge in [0.2, 0.25) is 10.0 Å². The zero-order valence-corrected chi connectivity index (χ0v) is 13.0. The zero-order valence-electron chi connectivity index (χ0n) is 11.4. The average Bonchev–Trinajstić information content (AvgIpc) is 2.75. The Hall–Kier alpha value is -0.960. The van der Waals surface area contributed by atoms with Crippen LogP contribution in [-0.2, 0) is 21.2 Å². The fraction of sp³-hybridized carbons (Fsp3) is 0.583. The van der Waals surface area contributed by atoms with Gasteiger partial charge in [-0.1, -0.05) is 13.8 Å². The van der Waals surface area contributed by atoms with Gasteiger partial charge in [0.15, 0.2) is 0 Å². The Kier molecular flexibility index (Phi) is 6.12. The third-order valence-electron chi connectivity index (χ3n) is 2.53. The van der Waals surface area contributed by atoms with Crippen molar-refractivity contribution in [1.29, 1.82) is 0 Å². The number of sulfonamides is 1. The van der Waals surface area contributed by atoms with Crippen LogP contribution in [0.5, 0.6) is 0 Å². The van der Waals surface area contributed by atoms with E-state index >= 15 is 0 Å². The highest BCUT2D eigenvalue weighted by Gasteiger charge is 2.22. The van der Waals surface area contributed by atoms with Crippen molar-refractivity contribution >= 4 is 27.3 Å². The molecule has 114 valence electrons. The summed E-state index contributed by atoms with van der Waals surface area (Å²) in [5.74, 6) is -0.752. The molecule has 1 aromatic rings. The van der Waals surface area contributed by atoms with Crippen molar-refractivity contribution in [2.75, 3.05) is 6.61 Å². The van der Waals surface area contributed by atoms with Gasteiger partial charge in [0.25, 0.3) is 0 Å². The zero-order chi connectivity index (χ0) is 15.3. The lowest BCUT2D eigenvalue weighted by atomic mass is 10.1. The molecule has 1 unspecified atom stereocenters. The average molecular weight is 321 g/mol. The fourth-order valence-corrected chi connectivity index (χ4v) is 4.36. The SMILES string of the molecule is CC(C)CC(CO)NS(=O)(=O)c1ccc(CC(=O)O)s1. The Morgan fingerprint density at radius 1 is 1.40 bits per heavy atom. The van der Waals surface area contributed by atoms with Crippen LogP contribution in [0.1, 0.15) is 25.1 Å². The van der Waals surface area contributed by atoms with Crippen LogP contribution in [0, 0.1) is 5.92 Å². The van der Waals surface area contributed by atoms with E-state index in [9.17, 15) is 18.3 Å². The van der Waals surface area contributed by atoms with Crippen LogP contribution >= 0.6 is 11.3 Å². The van der Waals surface area contributed by atoms with Crippen molar-refractivity contribution < 1.29 is 23.4 Å². The van der Waals surface area contributed by atoms with Crippen LogP contribution < -0.4 is 4.72 Å². The first kappa shape index (κ1) is 17.1. The van der Waals surface area contributed by atoms with Gasteiger partial charge in [-0.2, -0.15) is 0 Å². The van der Waals surface area contributed by atoms with E-state index in [0.717, 1.165) is 11.3 Å². The van der Waals surface area contributed by atoms with Crippen molar-refractivity contribution in [2.45, 2.75) is 36.9 Å². The van der Waals surface area contributed by atoms with Crippen LogP contribution in [0.15, 0.2) is 16.3 Å². The number of carboxylic acids is 1. The predicted molar refractivity (Wildman–Crippen MR) is 76.3 cm³/mol. The summed E-state index contributed by atoms with van der Waals surface area (Å²) in [6.07, 6.45) is 0.332. The van der Waals surface area contributed by atoms with Gasteiger partial charge in [-0.15, -0.1) is 11.3 Å². The van der Waals surface area contributed by atoms with Gasteiger partial charge >= 0.3 is 5.97 Å². The van der Waals surface area contributed by atoms with Crippen LogP contribution in [0.3, 0.4) is 0 Å². The Morgan fingerprint density at radius 2 is 2.05 bits per heavy atom. The minimum atomic E-state index is -3.72. The van der Waals surface area contributed by atoms with E-state index in [1.54, 1.807) is 0 Å². The second-order valence-corrected chi connectivity index (χ2v) is 8.03. The molecule has 8 heteroatoms. The van der Waals surface area contributed by atoms with E-state index in [1.807, 2.05) is 13.8 Å². The quantitative estimate of drug-likeness (QED) is 0.664. The molecule has 0 spiro atoms. The van der Waals surface area contributed by atoms with E-state index in [1.165, 1.54) is 12.1 Å². The lowest BCUT2D eigenvalue weighted by molar-refractivity contribution is -0.136. The van der Waals surface area contributed by atoms with Crippen molar-refractivity contribution in [1.82, 2.24) is 4.72 Å². The van der Waals surface area contributed by atoms with E-state index < -0.39 is 22.0 Å². The molecule has 0 aromatic carbocycles. The summed E-state index contributed by atoms with van der Waals surface area (Å²) >= 11 is 0.927. The number of hydrogen-bond donors (Lipinski definition) is 3. The standard InChI is InChI=1S/C12H19NO5S2/c1-8(2)5-9(7-14)13-20(17,18)12-4-3-10(19-12)6-11(15)16/h3-4,8-9,13-14H,5-7H2,1-2H3,(H,15,16). The molecule has 1 atom stereocenters. The number of nitrogens with one attached hydrogen (secondary N) is 1. The molecule has 3 N–H and O–H groups in total. The smallest absolute Gasteiger partial charge is 0.308 e. The summed E-state index contributed by atoms with van der Waals surface area (Å²) in [4.78, 5) is 11.1. The molecule has 6 nitrogen and oxygen atoms in total. The minimum Gasteiger partial charge on any atom is -0.481 e. The van der Waals surface area contributed by atoms with Gasteiger partial charge in [0, 0.05) is 10.9 Å². The molecule has 0 amide bonds. The summed E-state index contributed by atoms with van der Waals surface area (Å²) in [5.41, 5.74) is 0. The largest absolute Gasteiger partial charge is 0.481 e. The molecular weight excluding hydrogens is 302 g/mol.